The summed E-state index contributed by atoms with van der Waals surface area (Å²) in [7, 11) is 2.21. The number of hydrogen-bond donors (Lipinski definition) is 1. The van der Waals surface area contributed by atoms with E-state index in [1.54, 1.807) is 0 Å². The fourth-order valence-corrected chi connectivity index (χ4v) is 3.53. The van der Waals surface area contributed by atoms with Crippen LogP contribution < -0.4 is 5.73 Å². The van der Waals surface area contributed by atoms with Crippen LogP contribution in [0.25, 0.3) is 0 Å². The summed E-state index contributed by atoms with van der Waals surface area (Å²) >= 11 is 0. The quantitative estimate of drug-likeness (QED) is 0.782. The molecule has 18 heavy (non-hydrogen) atoms. The minimum atomic E-state index is 0.263. The third kappa shape index (κ3) is 3.05. The van der Waals surface area contributed by atoms with Gasteiger partial charge in [0.1, 0.15) is 0 Å². The van der Waals surface area contributed by atoms with Gasteiger partial charge < -0.3 is 15.5 Å². The molecule has 2 aliphatic heterocycles. The minimum Gasteiger partial charge on any atom is -0.329 e. The van der Waals surface area contributed by atoms with E-state index in [0.717, 1.165) is 19.0 Å². The molecule has 0 bridgehead atoms. The predicted octanol–water partition coefficient (Wildman–Crippen LogP) is 0.293. The Hall–Kier alpha value is -0.160. The largest absolute Gasteiger partial charge is 0.329 e. The number of nitrogens with zero attached hydrogens (tertiary/aromatic N) is 3. The van der Waals surface area contributed by atoms with E-state index in [1.165, 1.54) is 45.7 Å². The van der Waals surface area contributed by atoms with Gasteiger partial charge in [0.05, 0.1) is 0 Å². The molecule has 106 valence electrons. The highest BCUT2D eigenvalue weighted by Crippen LogP contribution is 2.27. The summed E-state index contributed by atoms with van der Waals surface area (Å²) in [5.41, 5.74) is 6.36. The van der Waals surface area contributed by atoms with E-state index in [2.05, 4.69) is 35.6 Å². The van der Waals surface area contributed by atoms with Gasteiger partial charge in [-0.1, -0.05) is 13.8 Å². The summed E-state index contributed by atoms with van der Waals surface area (Å²) in [6.45, 7) is 13.8. The molecule has 0 amide bonds. The van der Waals surface area contributed by atoms with Gasteiger partial charge in [0, 0.05) is 51.4 Å². The number of likely N-dealkylation sites (N-methyl/N-ethyl adjacent to an activating group) is 1. The molecule has 2 rings (SSSR count). The van der Waals surface area contributed by atoms with E-state index >= 15 is 0 Å². The van der Waals surface area contributed by atoms with Gasteiger partial charge in [0.25, 0.3) is 0 Å². The van der Waals surface area contributed by atoms with Crippen LogP contribution in [0.5, 0.6) is 0 Å². The van der Waals surface area contributed by atoms with Crippen LogP contribution in [0.15, 0.2) is 0 Å². The van der Waals surface area contributed by atoms with Crippen molar-refractivity contribution in [3.05, 3.63) is 0 Å². The number of hydrogen-bond acceptors (Lipinski definition) is 4. The number of piperazine rings is 1. The fourth-order valence-electron chi connectivity index (χ4n) is 3.53. The third-order valence-corrected chi connectivity index (χ3v) is 4.57. The Morgan fingerprint density at radius 2 is 1.78 bits per heavy atom. The summed E-state index contributed by atoms with van der Waals surface area (Å²) < 4.78 is 0. The molecule has 1 atom stereocenters. The van der Waals surface area contributed by atoms with E-state index in [4.69, 9.17) is 5.73 Å². The minimum absolute atomic E-state index is 0.263. The zero-order valence-electron chi connectivity index (χ0n) is 12.4. The number of rotatable bonds is 4. The second-order valence-electron chi connectivity index (χ2n) is 6.60. The first-order valence-electron chi connectivity index (χ1n) is 7.42. The van der Waals surface area contributed by atoms with Gasteiger partial charge in [0.15, 0.2) is 0 Å². The van der Waals surface area contributed by atoms with Crippen LogP contribution in [0.1, 0.15) is 20.3 Å². The molecule has 1 unspecified atom stereocenters. The number of nitrogens with two attached hydrogens (primary N) is 1. The Morgan fingerprint density at radius 1 is 1.11 bits per heavy atom. The summed E-state index contributed by atoms with van der Waals surface area (Å²) in [4.78, 5) is 7.69. The van der Waals surface area contributed by atoms with Gasteiger partial charge in [-0.05, 0) is 25.9 Å². The lowest BCUT2D eigenvalue weighted by Gasteiger charge is -2.45. The van der Waals surface area contributed by atoms with Crippen molar-refractivity contribution in [1.29, 1.82) is 0 Å². The van der Waals surface area contributed by atoms with Crippen molar-refractivity contribution in [2.75, 3.05) is 59.4 Å². The van der Waals surface area contributed by atoms with Gasteiger partial charge >= 0.3 is 0 Å². The van der Waals surface area contributed by atoms with E-state index < -0.39 is 0 Å². The normalized spacial score (nSPS) is 32.5. The van der Waals surface area contributed by atoms with Crippen LogP contribution in [0.4, 0.5) is 0 Å². The maximum absolute atomic E-state index is 6.10. The second-order valence-corrected chi connectivity index (χ2v) is 6.60. The molecule has 4 heteroatoms. The maximum atomic E-state index is 6.10. The summed E-state index contributed by atoms with van der Waals surface area (Å²) in [5, 5.41) is 0. The Bertz CT molecular complexity index is 261. The molecule has 4 nitrogen and oxygen atoms in total. The van der Waals surface area contributed by atoms with E-state index in [-0.39, 0.29) is 5.54 Å². The first kappa shape index (κ1) is 14.3. The van der Waals surface area contributed by atoms with Crippen molar-refractivity contribution < 1.29 is 0 Å². The zero-order valence-corrected chi connectivity index (χ0v) is 12.4. The first-order chi connectivity index (χ1) is 8.55. The average molecular weight is 254 g/mol. The molecule has 0 aromatic heterocycles. The molecule has 2 saturated heterocycles. The molecule has 0 radical (unpaired) electrons. The average Bonchev–Trinajstić information content (AvgIpc) is 2.72. The first-order valence-corrected chi connectivity index (χ1v) is 7.42. The SMILES string of the molecule is CC(C)CN1CCN(C2(CN)CCN(C)C2)CC1. The van der Waals surface area contributed by atoms with Gasteiger partial charge in [-0.25, -0.2) is 0 Å². The third-order valence-electron chi connectivity index (χ3n) is 4.57. The molecule has 0 spiro atoms. The molecule has 0 aromatic rings. The van der Waals surface area contributed by atoms with Crippen molar-refractivity contribution in [1.82, 2.24) is 14.7 Å². The Kier molecular flexibility index (Phi) is 4.64. The highest BCUT2D eigenvalue weighted by Gasteiger charge is 2.41. The molecule has 2 aliphatic rings. The van der Waals surface area contributed by atoms with Crippen LogP contribution in [0.3, 0.4) is 0 Å². The Labute approximate surface area is 112 Å². The molecule has 0 aliphatic carbocycles. The second kappa shape index (κ2) is 5.87. The van der Waals surface area contributed by atoms with Crippen molar-refractivity contribution >= 4 is 0 Å². The lowest BCUT2D eigenvalue weighted by Crippen LogP contribution is -2.61. The van der Waals surface area contributed by atoms with Crippen LogP contribution >= 0.6 is 0 Å². The molecule has 2 fully saturated rings. The molecule has 0 aromatic carbocycles. The standard InChI is InChI=1S/C14H30N4/c1-13(2)10-17-6-8-18(9-7-17)14(11-15)4-5-16(3)12-14/h13H,4-12,15H2,1-3H3. The fraction of sp³-hybridized carbons (Fsp3) is 1.00. The highest BCUT2D eigenvalue weighted by atomic mass is 15.3. The van der Waals surface area contributed by atoms with Gasteiger partial charge in [-0.2, -0.15) is 0 Å². The Balaban J connectivity index is 1.88. The highest BCUT2D eigenvalue weighted by molar-refractivity contribution is 5.00. The van der Waals surface area contributed by atoms with Gasteiger partial charge in [-0.15, -0.1) is 0 Å². The number of likely N-dealkylation sites (tertiary alicyclic amines) is 1. The lowest BCUT2D eigenvalue weighted by atomic mass is 9.95. The molecule has 2 N–H and O–H groups in total. The monoisotopic (exact) mass is 254 g/mol. The van der Waals surface area contributed by atoms with E-state index in [9.17, 15) is 0 Å². The molecule has 0 saturated carbocycles. The molecule has 2 heterocycles. The van der Waals surface area contributed by atoms with Crippen molar-refractivity contribution in [3.8, 4) is 0 Å². The van der Waals surface area contributed by atoms with Crippen LogP contribution in [-0.2, 0) is 0 Å². The summed E-state index contributed by atoms with van der Waals surface area (Å²) in [6.07, 6.45) is 1.24. The van der Waals surface area contributed by atoms with Crippen LogP contribution in [-0.4, -0.2) is 79.6 Å². The van der Waals surface area contributed by atoms with Crippen molar-refractivity contribution in [2.24, 2.45) is 11.7 Å². The van der Waals surface area contributed by atoms with E-state index in [0.29, 0.717) is 0 Å². The smallest absolute Gasteiger partial charge is 0.0471 e. The lowest BCUT2D eigenvalue weighted by molar-refractivity contribution is 0.0383. The molecular formula is C14H30N4. The summed E-state index contributed by atoms with van der Waals surface area (Å²) in [6, 6.07) is 0. The predicted molar refractivity (Wildman–Crippen MR) is 76.8 cm³/mol. The topological polar surface area (TPSA) is 35.7 Å². The van der Waals surface area contributed by atoms with Crippen LogP contribution in [0.2, 0.25) is 0 Å². The maximum Gasteiger partial charge on any atom is 0.0471 e. The van der Waals surface area contributed by atoms with Crippen molar-refractivity contribution in [3.63, 3.8) is 0 Å². The van der Waals surface area contributed by atoms with E-state index in [1.807, 2.05) is 0 Å². The summed E-state index contributed by atoms with van der Waals surface area (Å²) in [5.74, 6) is 0.776. The van der Waals surface area contributed by atoms with Gasteiger partial charge in [0.2, 0.25) is 0 Å². The van der Waals surface area contributed by atoms with Gasteiger partial charge in [-0.3, -0.25) is 4.90 Å². The van der Waals surface area contributed by atoms with Crippen LogP contribution in [0, 0.1) is 5.92 Å². The molecular weight excluding hydrogens is 224 g/mol. The van der Waals surface area contributed by atoms with Crippen molar-refractivity contribution in [2.45, 2.75) is 25.8 Å². The zero-order chi connectivity index (χ0) is 13.2. The Morgan fingerprint density at radius 3 is 2.22 bits per heavy atom.